The van der Waals surface area contributed by atoms with E-state index < -0.39 is 17.9 Å². The number of nitrogens with zero attached hydrogens (tertiary/aromatic N) is 3. The first-order valence-electron chi connectivity index (χ1n) is 11.6. The standard InChI is InChI=1S/C24H36ClN5O3/c1-6-7-13-33-22(31)15(2)11-12-24(4,5)23(32)26-18-10-8-9-17(14-18)20-27-21-19(25)16(3)28-30(21)29-20/h8-10,14-15,22-23,26,28,31-32H,6-7,11-13H2,1-5H3. The number of benzene rings is 1. The van der Waals surface area contributed by atoms with Crippen LogP contribution in [0.4, 0.5) is 5.69 Å². The Morgan fingerprint density at radius 1 is 1.30 bits per heavy atom. The van der Waals surface area contributed by atoms with E-state index in [2.05, 4.69) is 27.4 Å². The zero-order valence-corrected chi connectivity index (χ0v) is 20.9. The van der Waals surface area contributed by atoms with Crippen LogP contribution in [0.15, 0.2) is 24.3 Å². The predicted molar refractivity (Wildman–Crippen MR) is 131 cm³/mol. The number of aliphatic hydroxyl groups is 2. The Bertz CT molecular complexity index is 1050. The number of aromatic nitrogens is 4. The third kappa shape index (κ3) is 6.26. The van der Waals surface area contributed by atoms with Crippen molar-refractivity contribution in [2.75, 3.05) is 11.9 Å². The summed E-state index contributed by atoms with van der Waals surface area (Å²) in [6.07, 6.45) is 1.88. The van der Waals surface area contributed by atoms with Crippen LogP contribution in [0.2, 0.25) is 5.02 Å². The van der Waals surface area contributed by atoms with Crippen molar-refractivity contribution in [3.8, 4) is 11.4 Å². The van der Waals surface area contributed by atoms with Crippen LogP contribution >= 0.6 is 11.6 Å². The summed E-state index contributed by atoms with van der Waals surface area (Å²) < 4.78 is 7.07. The number of hydrogen-bond donors (Lipinski definition) is 4. The fraction of sp³-hybridized carbons (Fsp3) is 0.583. The number of unbranched alkanes of at least 4 members (excludes halogenated alkanes) is 1. The van der Waals surface area contributed by atoms with Gasteiger partial charge in [-0.3, -0.25) is 5.10 Å². The number of rotatable bonds is 12. The van der Waals surface area contributed by atoms with Gasteiger partial charge in [-0.25, -0.2) is 4.98 Å². The molecule has 182 valence electrons. The number of fused-ring (bicyclic) bond motifs is 1. The average molecular weight is 478 g/mol. The van der Waals surface area contributed by atoms with E-state index in [9.17, 15) is 10.2 Å². The molecule has 0 aliphatic heterocycles. The molecule has 0 saturated heterocycles. The number of aryl methyl sites for hydroxylation is 1. The van der Waals surface area contributed by atoms with Crippen molar-refractivity contribution in [1.82, 2.24) is 19.8 Å². The van der Waals surface area contributed by atoms with Gasteiger partial charge >= 0.3 is 0 Å². The van der Waals surface area contributed by atoms with Crippen LogP contribution in [-0.2, 0) is 4.74 Å². The molecular formula is C24H36ClN5O3. The van der Waals surface area contributed by atoms with Gasteiger partial charge in [0.1, 0.15) is 11.3 Å². The number of H-pyrrole nitrogens is 1. The highest BCUT2D eigenvalue weighted by atomic mass is 35.5. The fourth-order valence-electron chi connectivity index (χ4n) is 3.52. The van der Waals surface area contributed by atoms with Crippen molar-refractivity contribution in [2.45, 2.75) is 72.8 Å². The van der Waals surface area contributed by atoms with E-state index in [1.165, 1.54) is 0 Å². The van der Waals surface area contributed by atoms with Crippen molar-refractivity contribution >= 4 is 22.9 Å². The van der Waals surface area contributed by atoms with E-state index in [4.69, 9.17) is 16.3 Å². The number of aromatic amines is 1. The van der Waals surface area contributed by atoms with Crippen LogP contribution in [-0.4, -0.2) is 49.1 Å². The lowest BCUT2D eigenvalue weighted by atomic mass is 9.83. The summed E-state index contributed by atoms with van der Waals surface area (Å²) in [5.74, 6) is 0.537. The highest BCUT2D eigenvalue weighted by Gasteiger charge is 2.29. The second-order valence-corrected chi connectivity index (χ2v) is 9.85. The number of anilines is 1. The Labute approximate surface area is 200 Å². The van der Waals surface area contributed by atoms with E-state index in [0.29, 0.717) is 23.1 Å². The molecule has 0 amide bonds. The minimum atomic E-state index is -0.778. The molecule has 1 aromatic carbocycles. The maximum atomic E-state index is 10.9. The normalized spacial score (nSPS) is 15.0. The van der Waals surface area contributed by atoms with Gasteiger partial charge in [0.05, 0.1) is 5.69 Å². The third-order valence-corrected chi connectivity index (χ3v) is 6.54. The van der Waals surface area contributed by atoms with Gasteiger partial charge in [-0.2, -0.15) is 4.63 Å². The molecule has 4 N–H and O–H groups in total. The predicted octanol–water partition coefficient (Wildman–Crippen LogP) is 4.99. The lowest BCUT2D eigenvalue weighted by Crippen LogP contribution is -2.37. The molecule has 0 spiro atoms. The summed E-state index contributed by atoms with van der Waals surface area (Å²) in [5, 5.41) is 32.4. The zero-order chi connectivity index (χ0) is 24.2. The maximum absolute atomic E-state index is 10.9. The molecule has 0 radical (unpaired) electrons. The fourth-order valence-corrected chi connectivity index (χ4v) is 3.69. The third-order valence-electron chi connectivity index (χ3n) is 6.09. The maximum Gasteiger partial charge on any atom is 0.194 e. The number of aliphatic hydroxyl groups excluding tert-OH is 2. The largest absolute Gasteiger partial charge is 0.373 e. The number of nitrogens with one attached hydrogen (secondary N) is 2. The Balaban J connectivity index is 1.61. The molecule has 0 saturated carbocycles. The monoisotopic (exact) mass is 477 g/mol. The van der Waals surface area contributed by atoms with Crippen LogP contribution in [0.3, 0.4) is 0 Å². The second kappa shape index (κ2) is 10.9. The van der Waals surface area contributed by atoms with Gasteiger partial charge in [0.2, 0.25) is 0 Å². The molecule has 0 aliphatic rings. The van der Waals surface area contributed by atoms with Crippen molar-refractivity contribution in [3.63, 3.8) is 0 Å². The molecule has 2 aromatic heterocycles. The van der Waals surface area contributed by atoms with E-state index >= 15 is 0 Å². The molecule has 3 aromatic rings. The van der Waals surface area contributed by atoms with Gasteiger partial charge in [-0.15, -0.1) is 5.10 Å². The van der Waals surface area contributed by atoms with E-state index in [0.717, 1.165) is 42.6 Å². The molecule has 0 bridgehead atoms. The topological polar surface area (TPSA) is 108 Å². The molecular weight excluding hydrogens is 442 g/mol. The van der Waals surface area contributed by atoms with Gasteiger partial charge in [0.25, 0.3) is 0 Å². The molecule has 0 aliphatic carbocycles. The highest BCUT2D eigenvalue weighted by Crippen LogP contribution is 2.32. The molecule has 2 heterocycles. The van der Waals surface area contributed by atoms with Crippen molar-refractivity contribution in [2.24, 2.45) is 11.3 Å². The first-order valence-corrected chi connectivity index (χ1v) is 12.0. The minimum Gasteiger partial charge on any atom is -0.373 e. The van der Waals surface area contributed by atoms with Crippen LogP contribution < -0.4 is 5.32 Å². The Kier molecular flexibility index (Phi) is 8.39. The first-order chi connectivity index (χ1) is 15.6. The van der Waals surface area contributed by atoms with Crippen molar-refractivity contribution in [3.05, 3.63) is 35.0 Å². The average Bonchev–Trinajstić information content (AvgIpc) is 3.31. The second-order valence-electron chi connectivity index (χ2n) is 9.47. The molecule has 3 rings (SSSR count). The number of halogens is 1. The van der Waals surface area contributed by atoms with Crippen LogP contribution in [0.1, 0.15) is 59.1 Å². The smallest absolute Gasteiger partial charge is 0.194 e. The van der Waals surface area contributed by atoms with Gasteiger partial charge in [0, 0.05) is 29.2 Å². The summed E-state index contributed by atoms with van der Waals surface area (Å²) in [5.41, 5.74) is 2.56. The lowest BCUT2D eigenvalue weighted by molar-refractivity contribution is -0.134. The van der Waals surface area contributed by atoms with Gasteiger partial charge in [0.15, 0.2) is 17.8 Å². The summed E-state index contributed by atoms with van der Waals surface area (Å²) in [6.45, 7) is 10.5. The zero-order valence-electron chi connectivity index (χ0n) is 20.1. The SMILES string of the molecule is CCCCOC(O)C(C)CCC(C)(C)C(O)Nc1cccc(-c2nc3c(Cl)c(C)[nH]n3n2)c1. The van der Waals surface area contributed by atoms with Crippen LogP contribution in [0.25, 0.3) is 17.0 Å². The Morgan fingerprint density at radius 2 is 2.06 bits per heavy atom. The summed E-state index contributed by atoms with van der Waals surface area (Å²) in [6, 6.07) is 7.62. The summed E-state index contributed by atoms with van der Waals surface area (Å²) in [7, 11) is 0. The summed E-state index contributed by atoms with van der Waals surface area (Å²) in [4.78, 5) is 4.53. The molecule has 33 heavy (non-hydrogen) atoms. The van der Waals surface area contributed by atoms with Gasteiger partial charge in [-0.05, 0) is 38.3 Å². The molecule has 0 fully saturated rings. The summed E-state index contributed by atoms with van der Waals surface area (Å²) >= 11 is 6.27. The van der Waals surface area contributed by atoms with Crippen molar-refractivity contribution in [1.29, 1.82) is 0 Å². The Hall–Kier alpha value is -2.13. The number of ether oxygens (including phenoxy) is 1. The first kappa shape index (κ1) is 25.5. The van der Waals surface area contributed by atoms with Crippen LogP contribution in [0, 0.1) is 18.3 Å². The van der Waals surface area contributed by atoms with Gasteiger partial charge < -0.3 is 20.3 Å². The van der Waals surface area contributed by atoms with E-state index in [1.807, 2.05) is 52.0 Å². The molecule has 3 unspecified atom stereocenters. The van der Waals surface area contributed by atoms with Crippen molar-refractivity contribution < 1.29 is 14.9 Å². The van der Waals surface area contributed by atoms with E-state index in [1.54, 1.807) is 4.63 Å². The molecule has 8 nitrogen and oxygen atoms in total. The minimum absolute atomic E-state index is 0.0104. The van der Waals surface area contributed by atoms with Gasteiger partial charge in [-0.1, -0.05) is 57.8 Å². The van der Waals surface area contributed by atoms with E-state index in [-0.39, 0.29) is 5.92 Å². The quantitative estimate of drug-likeness (QED) is 0.216. The van der Waals surface area contributed by atoms with Crippen LogP contribution in [0.5, 0.6) is 0 Å². The molecule has 3 atom stereocenters. The number of hydrogen-bond acceptors (Lipinski definition) is 6. The Morgan fingerprint density at radius 3 is 2.76 bits per heavy atom. The lowest BCUT2D eigenvalue weighted by Gasteiger charge is -2.33. The molecule has 9 heteroatoms. The highest BCUT2D eigenvalue weighted by molar-refractivity contribution is 6.34.